The fraction of sp³-hybridized carbons (Fsp3) is 0.235. The maximum atomic E-state index is 12.3. The minimum absolute atomic E-state index is 0.0103. The van der Waals surface area contributed by atoms with Crippen molar-refractivity contribution in [2.75, 3.05) is 5.43 Å². The number of hydrogen-bond acceptors (Lipinski definition) is 6. The number of hydrazine groups is 1. The summed E-state index contributed by atoms with van der Waals surface area (Å²) in [5.41, 5.74) is 8.92. The van der Waals surface area contributed by atoms with Crippen LogP contribution in [0.15, 0.2) is 30.3 Å². The van der Waals surface area contributed by atoms with Crippen molar-refractivity contribution in [3.63, 3.8) is 0 Å². The van der Waals surface area contributed by atoms with E-state index < -0.39 is 0 Å². The van der Waals surface area contributed by atoms with Crippen LogP contribution < -0.4 is 10.9 Å². The van der Waals surface area contributed by atoms with E-state index >= 15 is 0 Å². The molecule has 0 saturated carbocycles. The SMILES string of the molecule is Cc1cccc(-c2n[nH]c(=S)n2CC(=O)NNc2nc(C)cc(C)n2)c1. The van der Waals surface area contributed by atoms with Crippen LogP contribution >= 0.6 is 12.2 Å². The summed E-state index contributed by atoms with van der Waals surface area (Å²) in [5, 5.41) is 6.98. The highest BCUT2D eigenvalue weighted by Gasteiger charge is 2.12. The molecule has 0 radical (unpaired) electrons. The van der Waals surface area contributed by atoms with Gasteiger partial charge in [0.05, 0.1) is 0 Å². The van der Waals surface area contributed by atoms with Gasteiger partial charge in [-0.3, -0.25) is 25.3 Å². The molecule has 26 heavy (non-hydrogen) atoms. The third-order valence-electron chi connectivity index (χ3n) is 3.63. The fourth-order valence-electron chi connectivity index (χ4n) is 2.56. The number of H-pyrrole nitrogens is 1. The molecule has 1 aromatic carbocycles. The smallest absolute Gasteiger partial charge is 0.258 e. The predicted octanol–water partition coefficient (Wildman–Crippen LogP) is 2.47. The van der Waals surface area contributed by atoms with Crippen LogP contribution in [0.25, 0.3) is 11.4 Å². The zero-order valence-corrected chi connectivity index (χ0v) is 15.5. The average molecular weight is 369 g/mol. The Kier molecular flexibility index (Phi) is 5.08. The van der Waals surface area contributed by atoms with Crippen molar-refractivity contribution in [1.82, 2.24) is 30.2 Å². The second-order valence-electron chi connectivity index (χ2n) is 5.96. The molecule has 3 N–H and O–H groups in total. The van der Waals surface area contributed by atoms with Crippen molar-refractivity contribution in [2.24, 2.45) is 0 Å². The first kappa shape index (κ1) is 17.7. The molecule has 0 atom stereocenters. The first-order chi connectivity index (χ1) is 12.4. The van der Waals surface area contributed by atoms with E-state index in [4.69, 9.17) is 12.2 Å². The number of nitrogens with zero attached hydrogens (tertiary/aromatic N) is 4. The second-order valence-corrected chi connectivity index (χ2v) is 6.34. The molecule has 0 bridgehead atoms. The Morgan fingerprint density at radius 2 is 1.92 bits per heavy atom. The number of carbonyl (C=O) groups is 1. The average Bonchev–Trinajstić information content (AvgIpc) is 2.93. The number of anilines is 1. The van der Waals surface area contributed by atoms with Gasteiger partial charge in [-0.15, -0.1) is 0 Å². The van der Waals surface area contributed by atoms with E-state index in [-0.39, 0.29) is 12.5 Å². The normalized spacial score (nSPS) is 10.6. The minimum Gasteiger partial charge on any atom is -0.291 e. The summed E-state index contributed by atoms with van der Waals surface area (Å²) in [6, 6.07) is 9.70. The highest BCUT2D eigenvalue weighted by Crippen LogP contribution is 2.18. The Bertz CT molecular complexity index is 988. The summed E-state index contributed by atoms with van der Waals surface area (Å²) in [6.07, 6.45) is 0. The van der Waals surface area contributed by atoms with Crippen LogP contribution in [-0.2, 0) is 11.3 Å². The number of hydrogen-bond donors (Lipinski definition) is 3. The van der Waals surface area contributed by atoms with E-state index in [1.54, 1.807) is 4.57 Å². The molecule has 3 rings (SSSR count). The van der Waals surface area contributed by atoms with Gasteiger partial charge in [0.2, 0.25) is 5.95 Å². The number of benzene rings is 1. The van der Waals surface area contributed by atoms with Gasteiger partial charge in [-0.2, -0.15) is 5.10 Å². The fourth-order valence-corrected chi connectivity index (χ4v) is 2.76. The maximum Gasteiger partial charge on any atom is 0.258 e. The summed E-state index contributed by atoms with van der Waals surface area (Å²) >= 11 is 5.26. The molecule has 0 fully saturated rings. The molecule has 9 heteroatoms. The lowest BCUT2D eigenvalue weighted by atomic mass is 10.1. The highest BCUT2D eigenvalue weighted by atomic mass is 32.1. The van der Waals surface area contributed by atoms with Crippen LogP contribution in [0.2, 0.25) is 0 Å². The Balaban J connectivity index is 1.74. The summed E-state index contributed by atoms with van der Waals surface area (Å²) in [5.74, 6) is 0.654. The van der Waals surface area contributed by atoms with Crippen LogP contribution in [0.5, 0.6) is 0 Å². The van der Waals surface area contributed by atoms with Crippen molar-refractivity contribution in [1.29, 1.82) is 0 Å². The van der Waals surface area contributed by atoms with E-state index in [1.165, 1.54) is 0 Å². The van der Waals surface area contributed by atoms with Gasteiger partial charge in [0.15, 0.2) is 10.6 Å². The first-order valence-electron chi connectivity index (χ1n) is 8.02. The number of carbonyl (C=O) groups excluding carboxylic acids is 1. The molecule has 0 unspecified atom stereocenters. The van der Waals surface area contributed by atoms with Gasteiger partial charge in [-0.25, -0.2) is 9.97 Å². The van der Waals surface area contributed by atoms with Gasteiger partial charge in [-0.1, -0.05) is 23.8 Å². The van der Waals surface area contributed by atoms with Gasteiger partial charge in [0, 0.05) is 17.0 Å². The van der Waals surface area contributed by atoms with E-state index in [0.717, 1.165) is 22.5 Å². The summed E-state index contributed by atoms with van der Waals surface area (Å²) in [7, 11) is 0. The zero-order chi connectivity index (χ0) is 18.7. The van der Waals surface area contributed by atoms with Gasteiger partial charge in [0.1, 0.15) is 6.54 Å². The number of amides is 1. The zero-order valence-electron chi connectivity index (χ0n) is 14.7. The topological polar surface area (TPSA) is 101 Å². The summed E-state index contributed by atoms with van der Waals surface area (Å²) in [6.45, 7) is 5.73. The number of aryl methyl sites for hydroxylation is 3. The van der Waals surface area contributed by atoms with Gasteiger partial charge < -0.3 is 0 Å². The van der Waals surface area contributed by atoms with Crippen LogP contribution in [0.1, 0.15) is 17.0 Å². The number of aromatic nitrogens is 5. The van der Waals surface area contributed by atoms with Crippen LogP contribution in [-0.4, -0.2) is 30.6 Å². The van der Waals surface area contributed by atoms with Crippen LogP contribution in [0.4, 0.5) is 5.95 Å². The molecule has 0 aliphatic heterocycles. The predicted molar refractivity (Wildman–Crippen MR) is 101 cm³/mol. The first-order valence-corrected chi connectivity index (χ1v) is 8.42. The van der Waals surface area contributed by atoms with Gasteiger partial charge in [-0.05, 0) is 45.1 Å². The van der Waals surface area contributed by atoms with Crippen molar-refractivity contribution in [2.45, 2.75) is 27.3 Å². The maximum absolute atomic E-state index is 12.3. The molecular formula is C17H19N7OS. The third kappa shape index (κ3) is 4.12. The van der Waals surface area contributed by atoms with Gasteiger partial charge >= 0.3 is 0 Å². The van der Waals surface area contributed by atoms with E-state index in [0.29, 0.717) is 16.5 Å². The molecule has 2 aromatic heterocycles. The summed E-state index contributed by atoms with van der Waals surface area (Å²) in [4.78, 5) is 20.7. The Labute approximate surface area is 155 Å². The Morgan fingerprint density at radius 1 is 1.19 bits per heavy atom. The Morgan fingerprint density at radius 3 is 2.62 bits per heavy atom. The van der Waals surface area contributed by atoms with Crippen LogP contribution in [0, 0.1) is 25.5 Å². The third-order valence-corrected chi connectivity index (χ3v) is 3.94. The second kappa shape index (κ2) is 7.44. The molecule has 0 aliphatic carbocycles. The largest absolute Gasteiger partial charge is 0.291 e. The monoisotopic (exact) mass is 369 g/mol. The van der Waals surface area contributed by atoms with Gasteiger partial charge in [0.25, 0.3) is 5.91 Å². The lowest BCUT2D eigenvalue weighted by Crippen LogP contribution is -2.33. The quantitative estimate of drug-likeness (QED) is 0.472. The van der Waals surface area contributed by atoms with E-state index in [1.807, 2.05) is 51.1 Å². The summed E-state index contributed by atoms with van der Waals surface area (Å²) < 4.78 is 2.02. The molecule has 134 valence electrons. The van der Waals surface area contributed by atoms with E-state index in [2.05, 4.69) is 31.0 Å². The standard InChI is InChI=1S/C17H19N7OS/c1-10-5-4-6-13(7-10)15-21-23-17(26)24(15)9-14(25)20-22-16-18-11(2)8-12(3)19-16/h4-8H,9H2,1-3H3,(H,20,25)(H,23,26)(H,18,19,22). The van der Waals surface area contributed by atoms with Crippen molar-refractivity contribution < 1.29 is 4.79 Å². The molecule has 2 heterocycles. The number of aromatic amines is 1. The molecule has 8 nitrogen and oxygen atoms in total. The molecule has 0 saturated heterocycles. The number of nitrogens with one attached hydrogen (secondary N) is 3. The Hall–Kier alpha value is -3.07. The molecule has 0 aliphatic rings. The molecule has 3 aromatic rings. The molecule has 1 amide bonds. The lowest BCUT2D eigenvalue weighted by Gasteiger charge is -2.10. The van der Waals surface area contributed by atoms with Crippen molar-refractivity contribution in [3.8, 4) is 11.4 Å². The van der Waals surface area contributed by atoms with E-state index in [9.17, 15) is 4.79 Å². The minimum atomic E-state index is -0.292. The highest BCUT2D eigenvalue weighted by molar-refractivity contribution is 7.71. The van der Waals surface area contributed by atoms with Crippen LogP contribution in [0.3, 0.4) is 0 Å². The molecule has 0 spiro atoms. The molecular weight excluding hydrogens is 350 g/mol. The van der Waals surface area contributed by atoms with Crippen molar-refractivity contribution in [3.05, 3.63) is 52.1 Å². The van der Waals surface area contributed by atoms with Crippen molar-refractivity contribution >= 4 is 24.1 Å². The number of rotatable bonds is 5. The lowest BCUT2D eigenvalue weighted by molar-refractivity contribution is -0.121.